The normalized spacial score (nSPS) is 17.0. The van der Waals surface area contributed by atoms with Crippen LogP contribution < -0.4 is 10.2 Å². The number of hydrogen-bond donors (Lipinski definition) is 1. The number of rotatable bonds is 5. The fraction of sp³-hybridized carbons (Fsp3) is 0.348. The highest BCUT2D eigenvalue weighted by molar-refractivity contribution is 6.33. The molecular formula is C23H22Cl2N6. The van der Waals surface area contributed by atoms with Crippen molar-refractivity contribution in [3.05, 3.63) is 57.6 Å². The van der Waals surface area contributed by atoms with Gasteiger partial charge < -0.3 is 10.2 Å². The van der Waals surface area contributed by atoms with E-state index < -0.39 is 0 Å². The number of anilines is 2. The van der Waals surface area contributed by atoms with Crippen molar-refractivity contribution in [2.75, 3.05) is 36.4 Å². The van der Waals surface area contributed by atoms with E-state index in [1.165, 1.54) is 0 Å². The Hall–Kier alpha value is -2.59. The van der Waals surface area contributed by atoms with Gasteiger partial charge in [-0.2, -0.15) is 5.26 Å². The molecule has 1 saturated carbocycles. The summed E-state index contributed by atoms with van der Waals surface area (Å²) in [4.78, 5) is 14.4. The number of piperazine rings is 1. The van der Waals surface area contributed by atoms with Crippen LogP contribution in [-0.2, 0) is 6.54 Å². The van der Waals surface area contributed by atoms with Gasteiger partial charge in [-0.3, -0.25) is 4.90 Å². The Morgan fingerprint density at radius 2 is 1.81 bits per heavy atom. The topological polar surface area (TPSA) is 68.1 Å². The van der Waals surface area contributed by atoms with Crippen molar-refractivity contribution in [1.82, 2.24) is 14.9 Å². The summed E-state index contributed by atoms with van der Waals surface area (Å²) in [7, 11) is 0. The maximum atomic E-state index is 9.20. The fourth-order valence-corrected chi connectivity index (χ4v) is 4.25. The minimum Gasteiger partial charge on any atom is -0.364 e. The zero-order chi connectivity index (χ0) is 21.4. The van der Waals surface area contributed by atoms with Crippen LogP contribution in [-0.4, -0.2) is 47.1 Å². The highest BCUT2D eigenvalue weighted by Gasteiger charge is 2.27. The SMILES string of the molecule is N#Cc1ccc2nc(N3CCN(Cc4cc(Cl)ccc4Cl)CC3)c(NC3CC3)nc2c1. The third-order valence-corrected chi connectivity index (χ3v) is 6.37. The minimum absolute atomic E-state index is 0.468. The van der Waals surface area contributed by atoms with Gasteiger partial charge in [-0.15, -0.1) is 0 Å². The minimum atomic E-state index is 0.468. The number of fused-ring (bicyclic) bond motifs is 1. The lowest BCUT2D eigenvalue weighted by molar-refractivity contribution is 0.249. The van der Waals surface area contributed by atoms with E-state index in [1.54, 1.807) is 12.1 Å². The van der Waals surface area contributed by atoms with Crippen molar-refractivity contribution in [2.24, 2.45) is 0 Å². The van der Waals surface area contributed by atoms with Crippen LogP contribution in [0.4, 0.5) is 11.6 Å². The molecule has 6 nitrogen and oxygen atoms in total. The summed E-state index contributed by atoms with van der Waals surface area (Å²) in [5.74, 6) is 1.71. The standard InChI is InChI=1S/C23H22Cl2N6/c24-17-2-5-19(25)16(12-17)14-30-7-9-31(10-8-30)23-22(27-18-3-4-18)28-21-11-15(13-26)1-6-20(21)29-23/h1-2,5-6,11-12,18H,3-4,7-10,14H2,(H,27,28). The van der Waals surface area contributed by atoms with Crippen LogP contribution >= 0.6 is 23.2 Å². The van der Waals surface area contributed by atoms with Crippen LogP contribution in [0.25, 0.3) is 11.0 Å². The van der Waals surface area contributed by atoms with Gasteiger partial charge in [0.2, 0.25) is 0 Å². The zero-order valence-corrected chi connectivity index (χ0v) is 18.5. The highest BCUT2D eigenvalue weighted by Crippen LogP contribution is 2.32. The molecule has 0 amide bonds. The third-order valence-electron chi connectivity index (χ3n) is 5.77. The van der Waals surface area contributed by atoms with Gasteiger partial charge in [0.05, 0.1) is 22.7 Å². The molecule has 1 saturated heterocycles. The van der Waals surface area contributed by atoms with E-state index in [4.69, 9.17) is 33.2 Å². The maximum absolute atomic E-state index is 9.20. The molecule has 8 heteroatoms. The summed E-state index contributed by atoms with van der Waals surface area (Å²) in [5.41, 5.74) is 3.21. The van der Waals surface area contributed by atoms with Gasteiger partial charge in [0.25, 0.3) is 0 Å². The molecule has 1 N–H and O–H groups in total. The summed E-state index contributed by atoms with van der Waals surface area (Å²) >= 11 is 12.5. The van der Waals surface area contributed by atoms with Crippen molar-refractivity contribution in [3.63, 3.8) is 0 Å². The van der Waals surface area contributed by atoms with E-state index in [0.717, 1.165) is 78.8 Å². The molecule has 2 heterocycles. The number of benzene rings is 2. The summed E-state index contributed by atoms with van der Waals surface area (Å²) < 4.78 is 0. The molecule has 1 aromatic heterocycles. The molecule has 1 aliphatic carbocycles. The second-order valence-corrected chi connectivity index (χ2v) is 8.97. The predicted octanol–water partition coefficient (Wildman–Crippen LogP) is 4.70. The molecule has 5 rings (SSSR count). The Bertz CT molecular complexity index is 1160. The fourth-order valence-electron chi connectivity index (χ4n) is 3.88. The number of halogens is 2. The Kier molecular flexibility index (Phi) is 5.58. The molecule has 0 unspecified atom stereocenters. The van der Waals surface area contributed by atoms with E-state index in [-0.39, 0.29) is 0 Å². The van der Waals surface area contributed by atoms with Gasteiger partial charge in [0.15, 0.2) is 11.6 Å². The van der Waals surface area contributed by atoms with E-state index in [9.17, 15) is 5.26 Å². The molecule has 31 heavy (non-hydrogen) atoms. The molecule has 0 radical (unpaired) electrons. The van der Waals surface area contributed by atoms with E-state index >= 15 is 0 Å². The van der Waals surface area contributed by atoms with Gasteiger partial charge in [-0.05, 0) is 54.8 Å². The first-order valence-electron chi connectivity index (χ1n) is 10.5. The summed E-state index contributed by atoms with van der Waals surface area (Å²) in [6.45, 7) is 4.29. The first kappa shape index (κ1) is 20.3. The second-order valence-electron chi connectivity index (χ2n) is 8.13. The van der Waals surface area contributed by atoms with E-state index in [2.05, 4.69) is 21.2 Å². The maximum Gasteiger partial charge on any atom is 0.172 e. The Labute approximate surface area is 191 Å². The van der Waals surface area contributed by atoms with Gasteiger partial charge in [-0.25, -0.2) is 9.97 Å². The molecular weight excluding hydrogens is 431 g/mol. The van der Waals surface area contributed by atoms with Crippen molar-refractivity contribution in [3.8, 4) is 6.07 Å². The van der Waals surface area contributed by atoms with Crippen molar-refractivity contribution in [1.29, 1.82) is 5.26 Å². The van der Waals surface area contributed by atoms with Crippen LogP contribution in [0.15, 0.2) is 36.4 Å². The predicted molar refractivity (Wildman–Crippen MR) is 125 cm³/mol. The van der Waals surface area contributed by atoms with Crippen molar-refractivity contribution in [2.45, 2.75) is 25.4 Å². The van der Waals surface area contributed by atoms with Crippen LogP contribution in [0.2, 0.25) is 10.0 Å². The van der Waals surface area contributed by atoms with Gasteiger partial charge >= 0.3 is 0 Å². The van der Waals surface area contributed by atoms with Gasteiger partial charge in [-0.1, -0.05) is 23.2 Å². The molecule has 0 spiro atoms. The molecule has 2 aromatic carbocycles. The smallest absolute Gasteiger partial charge is 0.172 e. The van der Waals surface area contributed by atoms with E-state index in [1.807, 2.05) is 24.3 Å². The summed E-state index contributed by atoms with van der Waals surface area (Å²) in [6, 6.07) is 13.7. The van der Waals surface area contributed by atoms with Crippen molar-refractivity contribution < 1.29 is 0 Å². The monoisotopic (exact) mass is 452 g/mol. The van der Waals surface area contributed by atoms with Gasteiger partial charge in [0, 0.05) is 48.8 Å². The van der Waals surface area contributed by atoms with Crippen molar-refractivity contribution >= 4 is 45.9 Å². The first-order valence-corrected chi connectivity index (χ1v) is 11.2. The molecule has 3 aromatic rings. The molecule has 0 bridgehead atoms. The third kappa shape index (κ3) is 4.54. The lowest BCUT2D eigenvalue weighted by Gasteiger charge is -2.36. The van der Waals surface area contributed by atoms with Gasteiger partial charge in [0.1, 0.15) is 0 Å². The van der Waals surface area contributed by atoms with E-state index in [0.29, 0.717) is 16.6 Å². The lowest BCUT2D eigenvalue weighted by atomic mass is 10.2. The molecule has 158 valence electrons. The zero-order valence-electron chi connectivity index (χ0n) is 17.0. The second kappa shape index (κ2) is 8.51. The summed E-state index contributed by atoms with van der Waals surface area (Å²) in [5, 5.41) is 14.2. The van der Waals surface area contributed by atoms with Crippen LogP contribution in [0.3, 0.4) is 0 Å². The molecule has 2 aliphatic rings. The quantitative estimate of drug-likeness (QED) is 0.604. The number of aromatic nitrogens is 2. The Balaban J connectivity index is 1.35. The molecule has 2 fully saturated rings. The molecule has 1 aliphatic heterocycles. The molecule has 0 atom stereocenters. The number of nitriles is 1. The number of nitrogens with one attached hydrogen (secondary N) is 1. The number of hydrogen-bond acceptors (Lipinski definition) is 6. The first-order chi connectivity index (χ1) is 15.1. The lowest BCUT2D eigenvalue weighted by Crippen LogP contribution is -2.46. The summed E-state index contributed by atoms with van der Waals surface area (Å²) in [6.07, 6.45) is 2.32. The van der Waals surface area contributed by atoms with Crippen LogP contribution in [0.5, 0.6) is 0 Å². The van der Waals surface area contributed by atoms with Crippen LogP contribution in [0, 0.1) is 11.3 Å². The Morgan fingerprint density at radius 1 is 1.00 bits per heavy atom. The Morgan fingerprint density at radius 3 is 2.55 bits per heavy atom. The van der Waals surface area contributed by atoms with Crippen LogP contribution in [0.1, 0.15) is 24.0 Å². The number of nitrogens with zero attached hydrogens (tertiary/aromatic N) is 5. The average Bonchev–Trinajstić information content (AvgIpc) is 3.60. The average molecular weight is 453 g/mol. The largest absolute Gasteiger partial charge is 0.364 e. The highest BCUT2D eigenvalue weighted by atomic mass is 35.5.